The van der Waals surface area contributed by atoms with Crippen LogP contribution in [0.2, 0.25) is 0 Å². The summed E-state index contributed by atoms with van der Waals surface area (Å²) in [7, 11) is 0. The topological polar surface area (TPSA) is 68.0 Å². The minimum absolute atomic E-state index is 0.0283. The van der Waals surface area contributed by atoms with E-state index in [1.807, 2.05) is 18.2 Å². The zero-order chi connectivity index (χ0) is 18.6. The maximum Gasteiger partial charge on any atom is 0.257 e. The van der Waals surface area contributed by atoms with Gasteiger partial charge in [-0.15, -0.1) is 23.1 Å². The average Bonchev–Trinajstić information content (AvgIpc) is 3.25. The summed E-state index contributed by atoms with van der Waals surface area (Å²) in [6, 6.07) is 9.12. The molecule has 0 saturated heterocycles. The number of benzene rings is 1. The van der Waals surface area contributed by atoms with Gasteiger partial charge in [-0.2, -0.15) is 0 Å². The molecule has 0 radical (unpaired) electrons. The van der Waals surface area contributed by atoms with Crippen LogP contribution < -0.4 is 5.32 Å². The predicted octanol–water partition coefficient (Wildman–Crippen LogP) is 5.11. The first kappa shape index (κ1) is 18.7. The summed E-state index contributed by atoms with van der Waals surface area (Å²) in [5.74, 6) is 3.00. The summed E-state index contributed by atoms with van der Waals surface area (Å²) in [4.78, 5) is 21.8. The second kappa shape index (κ2) is 8.05. The Morgan fingerprint density at radius 2 is 1.92 bits per heavy atom. The van der Waals surface area contributed by atoms with Crippen LogP contribution in [-0.2, 0) is 16.9 Å². The van der Waals surface area contributed by atoms with Gasteiger partial charge < -0.3 is 4.42 Å². The molecular formula is C19H21N3O2S2. The summed E-state index contributed by atoms with van der Waals surface area (Å²) >= 11 is 3.20. The van der Waals surface area contributed by atoms with Gasteiger partial charge in [0.05, 0.1) is 11.9 Å². The number of hydrogen-bond acceptors (Lipinski definition) is 6. The lowest BCUT2D eigenvalue weighted by molar-refractivity contribution is 0.102. The lowest BCUT2D eigenvalue weighted by Crippen LogP contribution is -2.11. The third kappa shape index (κ3) is 4.95. The molecule has 0 aliphatic rings. The second-order valence-electron chi connectivity index (χ2n) is 6.81. The Morgan fingerprint density at radius 1 is 1.15 bits per heavy atom. The van der Waals surface area contributed by atoms with Gasteiger partial charge in [-0.1, -0.05) is 39.0 Å². The summed E-state index contributed by atoms with van der Waals surface area (Å²) in [5, 5.41) is 3.45. The van der Waals surface area contributed by atoms with Crippen molar-refractivity contribution in [2.45, 2.75) is 37.7 Å². The molecule has 1 amide bonds. The van der Waals surface area contributed by atoms with Gasteiger partial charge in [-0.05, 0) is 12.1 Å². The molecule has 0 fully saturated rings. The number of thiazole rings is 1. The normalized spacial score (nSPS) is 11.5. The van der Waals surface area contributed by atoms with E-state index in [4.69, 9.17) is 4.42 Å². The van der Waals surface area contributed by atoms with Crippen LogP contribution >= 0.6 is 23.1 Å². The highest BCUT2D eigenvalue weighted by Crippen LogP contribution is 2.27. The zero-order valence-corrected chi connectivity index (χ0v) is 16.6. The predicted molar refractivity (Wildman–Crippen MR) is 107 cm³/mol. The standard InChI is InChI=1S/C19H21N3O2S2/c1-19(2,3)15-10-20-16(24-15)12-25-11-14-9-21-18(26-14)22-17(23)13-7-5-4-6-8-13/h4-10H,11-12H2,1-3H3,(H,21,22,23). The number of thioether (sulfide) groups is 1. The van der Waals surface area contributed by atoms with Crippen molar-refractivity contribution in [1.82, 2.24) is 9.97 Å². The largest absolute Gasteiger partial charge is 0.444 e. The fourth-order valence-corrected chi connectivity index (χ4v) is 3.93. The Bertz CT molecular complexity index is 866. The highest BCUT2D eigenvalue weighted by atomic mass is 32.2. The molecule has 1 N–H and O–H groups in total. The molecule has 26 heavy (non-hydrogen) atoms. The molecule has 0 saturated carbocycles. The molecule has 3 rings (SSSR count). The van der Waals surface area contributed by atoms with Crippen LogP contribution in [0.3, 0.4) is 0 Å². The number of aromatic nitrogens is 2. The minimum atomic E-state index is -0.145. The fraction of sp³-hybridized carbons (Fsp3) is 0.316. The molecule has 5 nitrogen and oxygen atoms in total. The molecule has 0 spiro atoms. The molecule has 136 valence electrons. The average molecular weight is 388 g/mol. The number of hydrogen-bond donors (Lipinski definition) is 1. The molecule has 0 atom stereocenters. The molecular weight excluding hydrogens is 366 g/mol. The molecule has 1 aromatic carbocycles. The van der Waals surface area contributed by atoms with Gasteiger partial charge in [0, 0.05) is 27.8 Å². The Balaban J connectivity index is 1.49. The number of nitrogens with one attached hydrogen (secondary N) is 1. The lowest BCUT2D eigenvalue weighted by Gasteiger charge is -2.12. The number of rotatable bonds is 6. The van der Waals surface area contributed by atoms with E-state index < -0.39 is 0 Å². The third-order valence-electron chi connectivity index (χ3n) is 3.57. The van der Waals surface area contributed by atoms with Crippen molar-refractivity contribution in [2.24, 2.45) is 0 Å². The van der Waals surface area contributed by atoms with Gasteiger partial charge in [0.2, 0.25) is 5.89 Å². The SMILES string of the molecule is CC(C)(C)c1cnc(CSCc2cnc(NC(=O)c3ccccc3)s2)o1. The van der Waals surface area contributed by atoms with E-state index in [-0.39, 0.29) is 11.3 Å². The molecule has 0 aliphatic carbocycles. The Morgan fingerprint density at radius 3 is 2.62 bits per heavy atom. The molecule has 2 heterocycles. The van der Waals surface area contributed by atoms with Crippen molar-refractivity contribution >= 4 is 34.1 Å². The highest BCUT2D eigenvalue weighted by Gasteiger charge is 2.19. The van der Waals surface area contributed by atoms with E-state index in [0.29, 0.717) is 16.4 Å². The van der Waals surface area contributed by atoms with Gasteiger partial charge in [0.1, 0.15) is 5.76 Å². The monoisotopic (exact) mass is 387 g/mol. The Labute approximate surface area is 161 Å². The van der Waals surface area contributed by atoms with Crippen LogP contribution in [0.15, 0.2) is 47.1 Å². The zero-order valence-electron chi connectivity index (χ0n) is 15.0. The Hall–Kier alpha value is -2.12. The smallest absolute Gasteiger partial charge is 0.257 e. The van der Waals surface area contributed by atoms with E-state index in [9.17, 15) is 4.79 Å². The van der Waals surface area contributed by atoms with Crippen LogP contribution in [0.1, 0.15) is 47.7 Å². The first-order valence-electron chi connectivity index (χ1n) is 8.26. The van der Waals surface area contributed by atoms with E-state index in [1.165, 1.54) is 11.3 Å². The van der Waals surface area contributed by atoms with Gasteiger partial charge in [-0.3, -0.25) is 10.1 Å². The number of carbonyl (C=O) groups excluding carboxylic acids is 1. The number of anilines is 1. The van der Waals surface area contributed by atoms with E-state index in [0.717, 1.165) is 22.3 Å². The van der Waals surface area contributed by atoms with Crippen molar-refractivity contribution < 1.29 is 9.21 Å². The van der Waals surface area contributed by atoms with Gasteiger partial charge in [-0.25, -0.2) is 9.97 Å². The van der Waals surface area contributed by atoms with Crippen molar-refractivity contribution in [3.8, 4) is 0 Å². The van der Waals surface area contributed by atoms with Crippen LogP contribution in [0.5, 0.6) is 0 Å². The number of oxazole rings is 1. The van der Waals surface area contributed by atoms with E-state index >= 15 is 0 Å². The summed E-state index contributed by atoms with van der Waals surface area (Å²) in [5.41, 5.74) is 0.594. The molecule has 2 aromatic heterocycles. The van der Waals surface area contributed by atoms with Crippen molar-refractivity contribution in [3.63, 3.8) is 0 Å². The number of carbonyl (C=O) groups is 1. The molecule has 0 unspecified atom stereocenters. The maximum absolute atomic E-state index is 12.1. The highest BCUT2D eigenvalue weighted by molar-refractivity contribution is 7.97. The van der Waals surface area contributed by atoms with Crippen molar-refractivity contribution in [1.29, 1.82) is 0 Å². The molecule has 3 aromatic rings. The van der Waals surface area contributed by atoms with Crippen LogP contribution in [-0.4, -0.2) is 15.9 Å². The maximum atomic E-state index is 12.1. The quantitative estimate of drug-likeness (QED) is 0.636. The molecule has 0 bridgehead atoms. The van der Waals surface area contributed by atoms with Crippen LogP contribution in [0, 0.1) is 0 Å². The van der Waals surface area contributed by atoms with Crippen LogP contribution in [0.25, 0.3) is 0 Å². The first-order valence-corrected chi connectivity index (χ1v) is 10.2. The Kier molecular flexibility index (Phi) is 5.78. The fourth-order valence-electron chi connectivity index (χ4n) is 2.15. The minimum Gasteiger partial charge on any atom is -0.444 e. The molecule has 7 heteroatoms. The third-order valence-corrected chi connectivity index (χ3v) is 5.63. The lowest BCUT2D eigenvalue weighted by atomic mass is 9.94. The summed E-state index contributed by atoms with van der Waals surface area (Å²) < 4.78 is 5.79. The van der Waals surface area contributed by atoms with Gasteiger partial charge in [0.15, 0.2) is 5.13 Å². The molecule has 0 aliphatic heterocycles. The first-order chi connectivity index (χ1) is 12.4. The van der Waals surface area contributed by atoms with Crippen molar-refractivity contribution in [3.05, 3.63) is 64.8 Å². The number of nitrogens with zero attached hydrogens (tertiary/aromatic N) is 2. The van der Waals surface area contributed by atoms with Crippen LogP contribution in [0.4, 0.5) is 5.13 Å². The van der Waals surface area contributed by atoms with Crippen molar-refractivity contribution in [2.75, 3.05) is 5.32 Å². The van der Waals surface area contributed by atoms with E-state index in [1.54, 1.807) is 36.3 Å². The summed E-state index contributed by atoms with van der Waals surface area (Å²) in [6.45, 7) is 6.31. The van der Waals surface area contributed by atoms with Gasteiger partial charge in [0.25, 0.3) is 5.91 Å². The number of amides is 1. The second-order valence-corrected chi connectivity index (χ2v) is 8.91. The summed E-state index contributed by atoms with van der Waals surface area (Å²) in [6.07, 6.45) is 3.61. The van der Waals surface area contributed by atoms with Gasteiger partial charge >= 0.3 is 0 Å². The van der Waals surface area contributed by atoms with E-state index in [2.05, 4.69) is 36.1 Å².